The van der Waals surface area contributed by atoms with Gasteiger partial charge in [0.1, 0.15) is 0 Å². The van der Waals surface area contributed by atoms with Gasteiger partial charge in [-0.2, -0.15) is 0 Å². The van der Waals surface area contributed by atoms with Gasteiger partial charge in [0, 0.05) is 28.2 Å². The van der Waals surface area contributed by atoms with Crippen LogP contribution in [0.2, 0.25) is 5.02 Å². The minimum atomic E-state index is -0.200. The van der Waals surface area contributed by atoms with Crippen molar-refractivity contribution >= 4 is 50.0 Å². The van der Waals surface area contributed by atoms with E-state index in [4.69, 9.17) is 11.6 Å². The molecule has 1 aromatic heterocycles. The Morgan fingerprint density at radius 1 is 1.15 bits per heavy atom. The molecule has 1 aliphatic rings. The highest BCUT2D eigenvalue weighted by molar-refractivity contribution is 9.10. The number of benzene rings is 2. The fraction of sp³-hybridized carbons (Fsp3) is 0.238. The maximum atomic E-state index is 12.5. The van der Waals surface area contributed by atoms with Crippen LogP contribution in [0, 0.1) is 0 Å². The highest BCUT2D eigenvalue weighted by atomic mass is 79.9. The third kappa shape index (κ3) is 4.32. The van der Waals surface area contributed by atoms with Crippen LogP contribution in [0.1, 0.15) is 28.8 Å². The Kier molecular flexibility index (Phi) is 5.43. The Morgan fingerprint density at radius 2 is 1.89 bits per heavy atom. The first kappa shape index (κ1) is 18.4. The van der Waals surface area contributed by atoms with Gasteiger partial charge in [-0.05, 0) is 74.0 Å². The average molecular weight is 445 g/mol. The third-order valence-electron chi connectivity index (χ3n) is 4.79. The summed E-state index contributed by atoms with van der Waals surface area (Å²) in [4.78, 5) is 19.5. The molecule has 0 atom stereocenters. The lowest BCUT2D eigenvalue weighted by atomic mass is 10.1. The van der Waals surface area contributed by atoms with Crippen LogP contribution < -0.4 is 5.32 Å². The van der Waals surface area contributed by atoms with Gasteiger partial charge in [0.25, 0.3) is 5.91 Å². The number of nitrogens with zero attached hydrogens (tertiary/aromatic N) is 2. The maximum absolute atomic E-state index is 12.5. The minimum Gasteiger partial charge on any atom is -0.321 e. The Morgan fingerprint density at radius 3 is 2.63 bits per heavy atom. The van der Waals surface area contributed by atoms with Crippen LogP contribution in [-0.4, -0.2) is 28.9 Å². The number of amides is 1. The van der Waals surface area contributed by atoms with E-state index in [1.54, 1.807) is 12.1 Å². The van der Waals surface area contributed by atoms with Crippen molar-refractivity contribution in [2.75, 3.05) is 18.4 Å². The number of hydrogen-bond donors (Lipinski definition) is 1. The van der Waals surface area contributed by atoms with Gasteiger partial charge in [0.15, 0.2) is 0 Å². The van der Waals surface area contributed by atoms with Crippen molar-refractivity contribution in [3.8, 4) is 0 Å². The zero-order valence-corrected chi connectivity index (χ0v) is 17.1. The molecule has 0 aliphatic carbocycles. The lowest BCUT2D eigenvalue weighted by Crippen LogP contribution is -2.18. The Hall–Kier alpha value is -1.95. The molecule has 0 saturated carbocycles. The van der Waals surface area contributed by atoms with E-state index >= 15 is 0 Å². The molecule has 0 radical (unpaired) electrons. The minimum absolute atomic E-state index is 0.200. The van der Waals surface area contributed by atoms with Crippen LogP contribution in [0.15, 0.2) is 53.1 Å². The molecule has 138 valence electrons. The molecule has 4 nitrogen and oxygen atoms in total. The topological polar surface area (TPSA) is 45.2 Å². The molecule has 2 heterocycles. The van der Waals surface area contributed by atoms with Crippen molar-refractivity contribution < 1.29 is 4.79 Å². The maximum Gasteiger partial charge on any atom is 0.255 e. The van der Waals surface area contributed by atoms with Crippen LogP contribution in [0.3, 0.4) is 0 Å². The number of carbonyl (C=O) groups excluding carboxylic acids is 1. The van der Waals surface area contributed by atoms with Crippen LogP contribution >= 0.6 is 27.5 Å². The number of aromatic nitrogens is 1. The predicted octanol–water partition coefficient (Wildman–Crippen LogP) is 5.50. The highest BCUT2D eigenvalue weighted by Gasteiger charge is 2.14. The summed E-state index contributed by atoms with van der Waals surface area (Å²) >= 11 is 9.79. The van der Waals surface area contributed by atoms with Gasteiger partial charge in [-0.3, -0.25) is 14.7 Å². The largest absolute Gasteiger partial charge is 0.321 e. The second-order valence-electron chi connectivity index (χ2n) is 6.81. The number of pyridine rings is 1. The van der Waals surface area contributed by atoms with E-state index in [9.17, 15) is 4.79 Å². The quantitative estimate of drug-likeness (QED) is 0.578. The number of fused-ring (bicyclic) bond motifs is 1. The van der Waals surface area contributed by atoms with Gasteiger partial charge in [0.2, 0.25) is 0 Å². The molecule has 6 heteroatoms. The summed E-state index contributed by atoms with van der Waals surface area (Å²) in [6, 6.07) is 13.0. The van der Waals surface area contributed by atoms with Crippen molar-refractivity contribution in [1.29, 1.82) is 0 Å². The van der Waals surface area contributed by atoms with E-state index in [2.05, 4.69) is 37.2 Å². The fourth-order valence-electron chi connectivity index (χ4n) is 3.37. The molecule has 1 aliphatic heterocycles. The van der Waals surface area contributed by atoms with Gasteiger partial charge >= 0.3 is 0 Å². The summed E-state index contributed by atoms with van der Waals surface area (Å²) in [5.74, 6) is -0.200. The molecule has 0 bridgehead atoms. The van der Waals surface area contributed by atoms with Crippen molar-refractivity contribution in [3.05, 3.63) is 69.3 Å². The summed E-state index contributed by atoms with van der Waals surface area (Å²) in [6.07, 6.45) is 4.46. The number of anilines is 1. The van der Waals surface area contributed by atoms with Crippen LogP contribution in [0.25, 0.3) is 10.9 Å². The molecule has 1 amide bonds. The van der Waals surface area contributed by atoms with E-state index in [1.807, 2.05) is 30.5 Å². The summed E-state index contributed by atoms with van der Waals surface area (Å²) < 4.78 is 0.928. The molecule has 0 spiro atoms. The normalized spacial score (nSPS) is 14.6. The first-order chi connectivity index (χ1) is 13.1. The molecular weight excluding hydrogens is 426 g/mol. The second kappa shape index (κ2) is 7.97. The monoisotopic (exact) mass is 443 g/mol. The second-order valence-corrected chi connectivity index (χ2v) is 8.14. The lowest BCUT2D eigenvalue weighted by Gasteiger charge is -2.15. The Labute approximate surface area is 171 Å². The molecular formula is C21H19BrClN3O. The standard InChI is InChI=1S/C21H19BrClN3O/c22-17-5-3-15(4-6-17)21(27)25-20-11-19-16(10-18(20)23)9-14(12-24-19)13-26-7-1-2-8-26/h3-6,9-12H,1-2,7-8,13H2,(H,25,27). The summed E-state index contributed by atoms with van der Waals surface area (Å²) in [7, 11) is 0. The molecule has 3 aromatic rings. The van der Waals surface area contributed by atoms with Gasteiger partial charge in [-0.1, -0.05) is 27.5 Å². The number of nitrogens with one attached hydrogen (secondary N) is 1. The smallest absolute Gasteiger partial charge is 0.255 e. The summed E-state index contributed by atoms with van der Waals surface area (Å²) in [6.45, 7) is 3.22. The van der Waals surface area contributed by atoms with E-state index in [0.29, 0.717) is 16.3 Å². The van der Waals surface area contributed by atoms with Gasteiger partial charge < -0.3 is 5.32 Å². The first-order valence-electron chi connectivity index (χ1n) is 8.96. The lowest BCUT2D eigenvalue weighted by molar-refractivity contribution is 0.102. The molecule has 4 rings (SSSR count). The van der Waals surface area contributed by atoms with E-state index in [-0.39, 0.29) is 5.91 Å². The SMILES string of the molecule is O=C(Nc1cc2ncc(CN3CCCC3)cc2cc1Cl)c1ccc(Br)cc1. The molecule has 0 unspecified atom stereocenters. The molecule has 1 fully saturated rings. The number of rotatable bonds is 4. The number of likely N-dealkylation sites (tertiary alicyclic amines) is 1. The van der Waals surface area contributed by atoms with E-state index in [1.165, 1.54) is 18.4 Å². The van der Waals surface area contributed by atoms with Gasteiger partial charge in [0.05, 0.1) is 16.2 Å². The van der Waals surface area contributed by atoms with E-state index in [0.717, 1.165) is 35.0 Å². The van der Waals surface area contributed by atoms with Crippen molar-refractivity contribution in [2.24, 2.45) is 0 Å². The van der Waals surface area contributed by atoms with Crippen LogP contribution in [-0.2, 0) is 6.54 Å². The molecule has 27 heavy (non-hydrogen) atoms. The molecule has 1 N–H and O–H groups in total. The number of halogens is 2. The van der Waals surface area contributed by atoms with Crippen molar-refractivity contribution in [3.63, 3.8) is 0 Å². The third-order valence-corrected chi connectivity index (χ3v) is 5.63. The molecule has 1 saturated heterocycles. The molecule has 2 aromatic carbocycles. The highest BCUT2D eigenvalue weighted by Crippen LogP contribution is 2.28. The number of hydrogen-bond acceptors (Lipinski definition) is 3. The van der Waals surface area contributed by atoms with Crippen LogP contribution in [0.4, 0.5) is 5.69 Å². The fourth-order valence-corrected chi connectivity index (χ4v) is 3.85. The van der Waals surface area contributed by atoms with Gasteiger partial charge in [-0.25, -0.2) is 0 Å². The Balaban J connectivity index is 1.55. The first-order valence-corrected chi connectivity index (χ1v) is 10.1. The summed E-state index contributed by atoms with van der Waals surface area (Å²) in [5.41, 5.74) is 3.14. The van der Waals surface area contributed by atoms with Crippen molar-refractivity contribution in [2.45, 2.75) is 19.4 Å². The predicted molar refractivity (Wildman–Crippen MR) is 113 cm³/mol. The van der Waals surface area contributed by atoms with Crippen LogP contribution in [0.5, 0.6) is 0 Å². The van der Waals surface area contributed by atoms with E-state index < -0.39 is 0 Å². The Bertz CT molecular complexity index is 985. The average Bonchev–Trinajstić information content (AvgIpc) is 3.16. The zero-order valence-electron chi connectivity index (χ0n) is 14.7. The van der Waals surface area contributed by atoms with Crippen molar-refractivity contribution in [1.82, 2.24) is 9.88 Å². The zero-order chi connectivity index (χ0) is 18.8. The number of carbonyl (C=O) groups is 1. The van der Waals surface area contributed by atoms with Gasteiger partial charge in [-0.15, -0.1) is 0 Å². The summed E-state index contributed by atoms with van der Waals surface area (Å²) in [5, 5.41) is 4.37.